The number of rotatable bonds is 5. The minimum Gasteiger partial charge on any atom is -0.449 e. The van der Waals surface area contributed by atoms with Crippen molar-refractivity contribution in [1.29, 1.82) is 0 Å². The summed E-state index contributed by atoms with van der Waals surface area (Å²) in [5.74, 6) is -3.63. The fourth-order valence-electron chi connectivity index (χ4n) is 1.46. The molecule has 1 amide bonds. The van der Waals surface area contributed by atoms with Gasteiger partial charge in [0, 0.05) is 12.1 Å². The van der Waals surface area contributed by atoms with Crippen molar-refractivity contribution in [3.63, 3.8) is 0 Å². The molecule has 0 heterocycles. The molecule has 0 bridgehead atoms. The maximum atomic E-state index is 13.5. The van der Waals surface area contributed by atoms with E-state index in [9.17, 15) is 18.4 Å². The fourth-order valence-corrected chi connectivity index (χ4v) is 1.46. The molecule has 1 aromatic carbocycles. The van der Waals surface area contributed by atoms with E-state index in [4.69, 9.17) is 10.5 Å². The fraction of sp³-hybridized carbons (Fsp3) is 0.429. The number of carbonyl (C=O) groups excluding carboxylic acids is 2. The Balaban J connectivity index is 2.77. The molecule has 1 aromatic rings. The maximum Gasteiger partial charge on any atom is 0.341 e. The summed E-state index contributed by atoms with van der Waals surface area (Å²) in [6.07, 6.45) is -0.382. The number of esters is 1. The van der Waals surface area contributed by atoms with E-state index in [0.717, 1.165) is 12.5 Å². The summed E-state index contributed by atoms with van der Waals surface area (Å²) < 4.78 is 31.4. The largest absolute Gasteiger partial charge is 0.449 e. The Kier molecular flexibility index (Phi) is 5.63. The van der Waals surface area contributed by atoms with Crippen molar-refractivity contribution >= 4 is 17.6 Å². The molecular weight excluding hydrogens is 282 g/mol. The van der Waals surface area contributed by atoms with Crippen molar-refractivity contribution in [3.05, 3.63) is 29.3 Å². The molecule has 0 aliphatic carbocycles. The summed E-state index contributed by atoms with van der Waals surface area (Å²) in [7, 11) is 0. The molecule has 0 aliphatic rings. The summed E-state index contributed by atoms with van der Waals surface area (Å²) in [4.78, 5) is 23.5. The van der Waals surface area contributed by atoms with Crippen molar-refractivity contribution in [1.82, 2.24) is 5.32 Å². The number of nitrogens with two attached hydrogens (primary N) is 1. The van der Waals surface area contributed by atoms with E-state index in [0.29, 0.717) is 6.07 Å². The van der Waals surface area contributed by atoms with Gasteiger partial charge in [0.1, 0.15) is 11.6 Å². The van der Waals surface area contributed by atoms with E-state index in [-0.39, 0.29) is 11.7 Å². The second kappa shape index (κ2) is 7.01. The Morgan fingerprint density at radius 3 is 2.48 bits per heavy atom. The highest BCUT2D eigenvalue weighted by Crippen LogP contribution is 2.18. The molecule has 0 aromatic heterocycles. The van der Waals surface area contributed by atoms with E-state index in [1.165, 1.54) is 6.92 Å². The summed E-state index contributed by atoms with van der Waals surface area (Å²) in [6, 6.07) is 1.26. The van der Waals surface area contributed by atoms with Gasteiger partial charge in [-0.25, -0.2) is 13.6 Å². The first-order valence-electron chi connectivity index (χ1n) is 6.52. The first kappa shape index (κ1) is 16.9. The highest BCUT2D eigenvalue weighted by molar-refractivity contribution is 5.93. The zero-order valence-electron chi connectivity index (χ0n) is 12.1. The molecule has 0 radical (unpaired) electrons. The van der Waals surface area contributed by atoms with Crippen LogP contribution in [0, 0.1) is 11.6 Å². The van der Waals surface area contributed by atoms with Gasteiger partial charge in [0.05, 0.1) is 11.3 Å². The maximum absolute atomic E-state index is 13.5. The van der Waals surface area contributed by atoms with Gasteiger partial charge in [0.15, 0.2) is 6.10 Å². The Labute approximate surface area is 121 Å². The number of hydrogen-bond acceptors (Lipinski definition) is 4. The third kappa shape index (κ3) is 4.40. The number of anilines is 1. The number of carbonyl (C=O) groups is 2. The second-order valence-electron chi connectivity index (χ2n) is 4.72. The van der Waals surface area contributed by atoms with Gasteiger partial charge in [0.2, 0.25) is 0 Å². The highest BCUT2D eigenvalue weighted by Gasteiger charge is 2.22. The van der Waals surface area contributed by atoms with Crippen LogP contribution in [-0.2, 0) is 9.53 Å². The summed E-state index contributed by atoms with van der Waals surface area (Å²) in [5.41, 5.74) is 4.38. The first-order chi connectivity index (χ1) is 9.76. The predicted octanol–water partition coefficient (Wildman–Crippen LogP) is 2.01. The third-order valence-corrected chi connectivity index (χ3v) is 2.96. The third-order valence-electron chi connectivity index (χ3n) is 2.96. The van der Waals surface area contributed by atoms with Crippen molar-refractivity contribution < 1.29 is 23.1 Å². The Morgan fingerprint density at radius 1 is 1.29 bits per heavy atom. The van der Waals surface area contributed by atoms with Gasteiger partial charge in [-0.05, 0) is 26.3 Å². The van der Waals surface area contributed by atoms with Crippen molar-refractivity contribution in [3.8, 4) is 0 Å². The standard InChI is InChI=1S/C14H18F2N2O3/c1-4-7(2)18-13(19)8(3)21-14(20)9-5-12(17)11(16)6-10(9)15/h5-8H,4,17H2,1-3H3,(H,18,19). The van der Waals surface area contributed by atoms with Gasteiger partial charge in [-0.2, -0.15) is 0 Å². The van der Waals surface area contributed by atoms with Crippen LogP contribution in [0.2, 0.25) is 0 Å². The molecule has 1 rings (SSSR count). The Morgan fingerprint density at radius 2 is 1.90 bits per heavy atom. The van der Waals surface area contributed by atoms with Crippen LogP contribution in [0.4, 0.5) is 14.5 Å². The molecule has 21 heavy (non-hydrogen) atoms. The number of ether oxygens (including phenoxy) is 1. The highest BCUT2D eigenvalue weighted by atomic mass is 19.1. The lowest BCUT2D eigenvalue weighted by molar-refractivity contribution is -0.129. The van der Waals surface area contributed by atoms with E-state index in [2.05, 4.69) is 5.32 Å². The number of nitrogen functional groups attached to an aromatic ring is 1. The minimum atomic E-state index is -1.10. The minimum absolute atomic E-state index is 0.0724. The monoisotopic (exact) mass is 300 g/mol. The molecule has 116 valence electrons. The zero-order valence-corrected chi connectivity index (χ0v) is 12.1. The molecule has 2 atom stereocenters. The molecule has 0 spiro atoms. The van der Waals surface area contributed by atoms with Crippen LogP contribution >= 0.6 is 0 Å². The summed E-state index contributed by atoms with van der Waals surface area (Å²) in [6.45, 7) is 5.05. The molecule has 2 unspecified atom stereocenters. The molecular formula is C14H18F2N2O3. The van der Waals surface area contributed by atoms with E-state index >= 15 is 0 Å². The number of hydrogen-bond donors (Lipinski definition) is 2. The smallest absolute Gasteiger partial charge is 0.341 e. The van der Waals surface area contributed by atoms with Crippen molar-refractivity contribution in [2.24, 2.45) is 0 Å². The zero-order chi connectivity index (χ0) is 16.2. The Hall–Kier alpha value is -2.18. The summed E-state index contributed by atoms with van der Waals surface area (Å²) >= 11 is 0. The van der Waals surface area contributed by atoms with Crippen LogP contribution in [-0.4, -0.2) is 24.0 Å². The summed E-state index contributed by atoms with van der Waals surface area (Å²) in [5, 5.41) is 2.63. The lowest BCUT2D eigenvalue weighted by Gasteiger charge is -2.17. The SMILES string of the molecule is CCC(C)NC(=O)C(C)OC(=O)c1cc(N)c(F)cc1F. The Bertz CT molecular complexity index is 549. The van der Waals surface area contributed by atoms with Gasteiger partial charge < -0.3 is 15.8 Å². The van der Waals surface area contributed by atoms with Crippen LogP contribution in [0.3, 0.4) is 0 Å². The van der Waals surface area contributed by atoms with Crippen LogP contribution in [0.1, 0.15) is 37.6 Å². The van der Waals surface area contributed by atoms with E-state index in [1.54, 1.807) is 6.92 Å². The van der Waals surface area contributed by atoms with E-state index in [1.807, 2.05) is 6.92 Å². The van der Waals surface area contributed by atoms with E-state index < -0.39 is 35.2 Å². The van der Waals surface area contributed by atoms with Crippen LogP contribution in [0.25, 0.3) is 0 Å². The van der Waals surface area contributed by atoms with Crippen LogP contribution in [0.15, 0.2) is 12.1 Å². The number of halogens is 2. The molecule has 7 heteroatoms. The quantitative estimate of drug-likeness (QED) is 0.644. The number of benzene rings is 1. The normalized spacial score (nSPS) is 13.4. The van der Waals surface area contributed by atoms with Crippen LogP contribution in [0.5, 0.6) is 0 Å². The number of amides is 1. The second-order valence-corrected chi connectivity index (χ2v) is 4.72. The molecule has 0 fully saturated rings. The first-order valence-corrected chi connectivity index (χ1v) is 6.52. The molecule has 0 aliphatic heterocycles. The predicted molar refractivity (Wildman–Crippen MR) is 73.5 cm³/mol. The van der Waals surface area contributed by atoms with Gasteiger partial charge in [0.25, 0.3) is 5.91 Å². The van der Waals surface area contributed by atoms with Crippen LogP contribution < -0.4 is 11.1 Å². The lowest BCUT2D eigenvalue weighted by Crippen LogP contribution is -2.40. The molecule has 3 N–H and O–H groups in total. The molecule has 5 nitrogen and oxygen atoms in total. The van der Waals surface area contributed by atoms with Gasteiger partial charge in [-0.1, -0.05) is 6.92 Å². The average molecular weight is 300 g/mol. The molecule has 0 saturated carbocycles. The lowest BCUT2D eigenvalue weighted by atomic mass is 10.2. The average Bonchev–Trinajstić information content (AvgIpc) is 2.42. The van der Waals surface area contributed by atoms with Crippen molar-refractivity contribution in [2.45, 2.75) is 39.3 Å². The topological polar surface area (TPSA) is 81.4 Å². The van der Waals surface area contributed by atoms with Gasteiger partial charge >= 0.3 is 5.97 Å². The molecule has 0 saturated heterocycles. The van der Waals surface area contributed by atoms with Gasteiger partial charge in [-0.15, -0.1) is 0 Å². The number of nitrogens with one attached hydrogen (secondary N) is 1. The van der Waals surface area contributed by atoms with Crippen molar-refractivity contribution in [2.75, 3.05) is 5.73 Å². The van der Waals surface area contributed by atoms with Gasteiger partial charge in [-0.3, -0.25) is 4.79 Å².